The number of hydrogen-bond donors (Lipinski definition) is 1. The first-order valence-electron chi connectivity index (χ1n) is 12.7. The predicted molar refractivity (Wildman–Crippen MR) is 156 cm³/mol. The Hall–Kier alpha value is -3.51. The average Bonchev–Trinajstić information content (AvgIpc) is 3.22. The molecule has 40 heavy (non-hydrogen) atoms. The van der Waals surface area contributed by atoms with Gasteiger partial charge < -0.3 is 24.6 Å². The second kappa shape index (κ2) is 12.3. The maximum Gasteiger partial charge on any atom is 0.410 e. The van der Waals surface area contributed by atoms with Crippen LogP contribution in [0.4, 0.5) is 20.8 Å². The third kappa shape index (κ3) is 8.01. The summed E-state index contributed by atoms with van der Waals surface area (Å²) in [4.78, 5) is 34.3. The fraction of sp³-hybridized carbons (Fsp3) is 0.444. The van der Waals surface area contributed by atoms with Crippen molar-refractivity contribution in [2.45, 2.75) is 51.9 Å². The molecular formula is C27H33ClFN7O3S. The number of hydrogen-bond acceptors (Lipinski definition) is 9. The number of benzene rings is 1. The highest BCUT2D eigenvalue weighted by molar-refractivity contribution is 7.15. The van der Waals surface area contributed by atoms with Gasteiger partial charge in [0.25, 0.3) is 0 Å². The lowest BCUT2D eigenvalue weighted by Gasteiger charge is -2.36. The molecule has 3 aromatic rings. The van der Waals surface area contributed by atoms with Crippen LogP contribution in [0.5, 0.6) is 11.6 Å². The molecule has 1 N–H and O–H groups in total. The van der Waals surface area contributed by atoms with E-state index in [0.29, 0.717) is 38.9 Å². The number of halogens is 2. The third-order valence-corrected chi connectivity index (χ3v) is 6.81. The van der Waals surface area contributed by atoms with Gasteiger partial charge in [0.15, 0.2) is 0 Å². The Morgan fingerprint density at radius 1 is 1.27 bits per heavy atom. The lowest BCUT2D eigenvalue weighted by molar-refractivity contribution is 0.0124. The minimum absolute atomic E-state index is 0.0121. The zero-order valence-electron chi connectivity index (χ0n) is 23.3. The molecule has 0 unspecified atom stereocenters. The summed E-state index contributed by atoms with van der Waals surface area (Å²) in [6, 6.07) is 6.59. The van der Waals surface area contributed by atoms with Crippen LogP contribution in [-0.4, -0.2) is 82.2 Å². The molecule has 0 saturated carbocycles. The van der Waals surface area contributed by atoms with Gasteiger partial charge in [-0.2, -0.15) is 0 Å². The summed E-state index contributed by atoms with van der Waals surface area (Å²) in [5, 5.41) is 4.41. The number of amides is 1. The first-order chi connectivity index (χ1) is 18.9. The van der Waals surface area contributed by atoms with E-state index in [4.69, 9.17) is 21.1 Å². The van der Waals surface area contributed by atoms with Crippen molar-refractivity contribution in [3.63, 3.8) is 0 Å². The van der Waals surface area contributed by atoms with Crippen LogP contribution in [0.15, 0.2) is 35.5 Å². The van der Waals surface area contributed by atoms with Crippen molar-refractivity contribution in [3.8, 4) is 22.2 Å². The molecular weight excluding hydrogens is 557 g/mol. The van der Waals surface area contributed by atoms with Crippen LogP contribution in [0.2, 0.25) is 5.02 Å². The molecule has 1 aliphatic rings. The van der Waals surface area contributed by atoms with E-state index < -0.39 is 17.9 Å². The van der Waals surface area contributed by atoms with Gasteiger partial charge in [-0.3, -0.25) is 0 Å². The predicted octanol–water partition coefficient (Wildman–Crippen LogP) is 6.34. The van der Waals surface area contributed by atoms with Crippen molar-refractivity contribution in [3.05, 3.63) is 40.5 Å². The van der Waals surface area contributed by atoms with E-state index in [1.165, 1.54) is 16.2 Å². The second-order valence-electron chi connectivity index (χ2n) is 10.6. The van der Waals surface area contributed by atoms with Gasteiger partial charge in [0.1, 0.15) is 22.4 Å². The van der Waals surface area contributed by atoms with Crippen LogP contribution < -0.4 is 10.1 Å². The molecule has 2 atom stereocenters. The van der Waals surface area contributed by atoms with Crippen LogP contribution in [0.1, 0.15) is 32.2 Å². The molecule has 3 heterocycles. The van der Waals surface area contributed by atoms with Gasteiger partial charge in [-0.15, -0.1) is 11.3 Å². The normalized spacial score (nSPS) is 17.6. The molecule has 1 aromatic carbocycles. The number of ether oxygens (including phenoxy) is 2. The van der Waals surface area contributed by atoms with E-state index in [2.05, 4.69) is 25.3 Å². The van der Waals surface area contributed by atoms with E-state index in [1.807, 2.05) is 25.9 Å². The molecule has 1 aliphatic heterocycles. The highest BCUT2D eigenvalue weighted by Gasteiger charge is 2.33. The number of anilines is 1. The maximum absolute atomic E-state index is 14.5. The van der Waals surface area contributed by atoms with Gasteiger partial charge in [0.05, 0.1) is 34.3 Å². The number of alkyl halides is 1. The number of rotatable bonds is 7. The number of nitrogens with zero attached hydrogens (tertiary/aromatic N) is 6. The Morgan fingerprint density at radius 2 is 2.05 bits per heavy atom. The molecule has 0 spiro atoms. The zero-order chi connectivity index (χ0) is 29.0. The fourth-order valence-corrected chi connectivity index (χ4v) is 4.98. The number of aryl methyl sites for hydroxylation is 1. The summed E-state index contributed by atoms with van der Waals surface area (Å²) < 4.78 is 26.1. The van der Waals surface area contributed by atoms with Crippen molar-refractivity contribution in [1.82, 2.24) is 24.8 Å². The number of carbonyl (C=O) groups is 1. The quantitative estimate of drug-likeness (QED) is 0.252. The number of aliphatic imine (C=N–C) groups is 1. The molecule has 4 rings (SSSR count). The molecule has 214 valence electrons. The number of carbonyl (C=O) groups excluding carboxylic acids is 1. The Kier molecular flexibility index (Phi) is 9.09. The Balaban J connectivity index is 1.50. The molecule has 1 amide bonds. The third-order valence-electron chi connectivity index (χ3n) is 5.54. The average molecular weight is 590 g/mol. The van der Waals surface area contributed by atoms with Gasteiger partial charge in [0, 0.05) is 45.4 Å². The number of nitrogens with one attached hydrogen (secondary N) is 1. The van der Waals surface area contributed by atoms with E-state index in [9.17, 15) is 9.18 Å². The first kappa shape index (κ1) is 29.5. The van der Waals surface area contributed by atoms with E-state index in [0.717, 1.165) is 5.01 Å². The van der Waals surface area contributed by atoms with Gasteiger partial charge in [-0.1, -0.05) is 11.6 Å². The van der Waals surface area contributed by atoms with Crippen LogP contribution in [0, 0.1) is 6.92 Å². The fourth-order valence-electron chi connectivity index (χ4n) is 3.94. The highest BCUT2D eigenvalue weighted by Crippen LogP contribution is 2.39. The Labute approximate surface area is 242 Å². The minimum atomic E-state index is -1.20. The van der Waals surface area contributed by atoms with Crippen LogP contribution in [0.25, 0.3) is 10.6 Å². The minimum Gasteiger partial charge on any atom is -0.444 e. The first-order valence-corrected chi connectivity index (χ1v) is 13.9. The summed E-state index contributed by atoms with van der Waals surface area (Å²) in [5.41, 5.74) is 0.543. The van der Waals surface area contributed by atoms with E-state index in [-0.39, 0.29) is 25.6 Å². The molecule has 13 heteroatoms. The zero-order valence-corrected chi connectivity index (χ0v) is 24.9. The summed E-state index contributed by atoms with van der Waals surface area (Å²) in [6.07, 6.45) is 1.75. The summed E-state index contributed by atoms with van der Waals surface area (Å²) in [6.45, 7) is 7.47. The second-order valence-corrected chi connectivity index (χ2v) is 12.2. The molecule has 0 bridgehead atoms. The monoisotopic (exact) mass is 589 g/mol. The topological polar surface area (TPSA) is 105 Å². The maximum atomic E-state index is 14.5. The van der Waals surface area contributed by atoms with Crippen LogP contribution in [-0.2, 0) is 4.74 Å². The summed E-state index contributed by atoms with van der Waals surface area (Å²) in [5.74, 6) is 1.19. The number of thiazole rings is 1. The molecule has 1 fully saturated rings. The van der Waals surface area contributed by atoms with Gasteiger partial charge in [-0.25, -0.2) is 29.1 Å². The summed E-state index contributed by atoms with van der Waals surface area (Å²) in [7, 11) is 3.75. The van der Waals surface area contributed by atoms with Crippen molar-refractivity contribution in [2.75, 3.05) is 32.5 Å². The highest BCUT2D eigenvalue weighted by atomic mass is 35.5. The SMILES string of the molecule is Cc1nc(Oc2ccc(N=CN(C)C)c(Cl)c2)c(-c2ccnc(N[C@H]3C[C@H](F)CN(C(=O)OC(C)(C)C)C3)n2)s1. The number of piperidine rings is 1. The van der Waals surface area contributed by atoms with Crippen LogP contribution >= 0.6 is 22.9 Å². The Morgan fingerprint density at radius 3 is 2.75 bits per heavy atom. The van der Waals surface area contributed by atoms with E-state index in [1.54, 1.807) is 57.6 Å². The molecule has 2 aromatic heterocycles. The lowest BCUT2D eigenvalue weighted by Crippen LogP contribution is -2.51. The van der Waals surface area contributed by atoms with Crippen molar-refractivity contribution < 1.29 is 18.7 Å². The molecule has 1 saturated heterocycles. The molecule has 0 radical (unpaired) electrons. The Bertz CT molecular complexity index is 1380. The standard InChI is InChI=1S/C27H33ClFN7O3S/c1-16-32-24(38-19-7-8-21(20(28)12-19)31-15-35(5)6)23(40-16)22-9-10-30-25(34-22)33-18-11-17(29)13-36(14-18)26(37)39-27(2,3)4/h7-10,12,15,17-18H,11,13-14H2,1-6H3,(H,30,33,34)/t17-,18-/m0/s1. The summed E-state index contributed by atoms with van der Waals surface area (Å²) >= 11 is 7.83. The number of likely N-dealkylation sites (tertiary alicyclic amines) is 1. The van der Waals surface area contributed by atoms with Crippen molar-refractivity contribution in [2.24, 2.45) is 4.99 Å². The van der Waals surface area contributed by atoms with Crippen molar-refractivity contribution >= 4 is 47.0 Å². The van der Waals surface area contributed by atoms with Crippen LogP contribution in [0.3, 0.4) is 0 Å². The van der Waals surface area contributed by atoms with Gasteiger partial charge >= 0.3 is 6.09 Å². The van der Waals surface area contributed by atoms with Gasteiger partial charge in [-0.05, 0) is 45.9 Å². The lowest BCUT2D eigenvalue weighted by atomic mass is 10.0. The smallest absolute Gasteiger partial charge is 0.410 e. The van der Waals surface area contributed by atoms with Gasteiger partial charge in [0.2, 0.25) is 11.8 Å². The number of aromatic nitrogens is 3. The largest absolute Gasteiger partial charge is 0.444 e. The molecule has 0 aliphatic carbocycles. The molecule has 10 nitrogen and oxygen atoms in total. The van der Waals surface area contributed by atoms with Crippen molar-refractivity contribution in [1.29, 1.82) is 0 Å². The van der Waals surface area contributed by atoms with E-state index >= 15 is 0 Å².